The highest BCUT2D eigenvalue weighted by Crippen LogP contribution is 2.42. The van der Waals surface area contributed by atoms with Crippen molar-refractivity contribution in [3.8, 4) is 5.75 Å². The van der Waals surface area contributed by atoms with E-state index >= 15 is 0 Å². The molecular formula is C14H25N3OS2. The van der Waals surface area contributed by atoms with Crippen LogP contribution in [-0.4, -0.2) is 45.4 Å². The third-order valence-corrected chi connectivity index (χ3v) is 7.06. The number of rotatable bonds is 6. The number of ether oxygens (including phenoxy) is 1. The zero-order valence-corrected chi connectivity index (χ0v) is 14.4. The van der Waals surface area contributed by atoms with E-state index in [9.17, 15) is 0 Å². The quantitative estimate of drug-likeness (QED) is 0.874. The molecule has 2 rings (SSSR count). The Morgan fingerprint density at radius 2 is 2.20 bits per heavy atom. The van der Waals surface area contributed by atoms with Gasteiger partial charge < -0.3 is 10.1 Å². The molecule has 114 valence electrons. The highest BCUT2D eigenvalue weighted by molar-refractivity contribution is 8.07. The first-order chi connectivity index (χ1) is 9.72. The molecule has 0 bridgehead atoms. The van der Waals surface area contributed by atoms with E-state index in [0.717, 1.165) is 12.3 Å². The molecule has 1 N–H and O–H groups in total. The number of nitrogens with one attached hydrogen (secondary N) is 1. The second-order valence-corrected chi connectivity index (χ2v) is 7.54. The maximum atomic E-state index is 5.51. The lowest BCUT2D eigenvalue weighted by Gasteiger charge is -2.36. The van der Waals surface area contributed by atoms with Crippen molar-refractivity contribution in [2.45, 2.75) is 36.8 Å². The van der Waals surface area contributed by atoms with Crippen LogP contribution in [0.5, 0.6) is 5.75 Å². The predicted octanol–water partition coefficient (Wildman–Crippen LogP) is 2.71. The van der Waals surface area contributed by atoms with Crippen LogP contribution in [0.1, 0.15) is 32.0 Å². The predicted molar refractivity (Wildman–Crippen MR) is 89.0 cm³/mol. The Morgan fingerprint density at radius 3 is 2.85 bits per heavy atom. The van der Waals surface area contributed by atoms with E-state index in [2.05, 4.69) is 47.8 Å². The minimum absolute atomic E-state index is 0.296. The summed E-state index contributed by atoms with van der Waals surface area (Å²) in [4.78, 5) is 0. The molecule has 1 aliphatic heterocycles. The van der Waals surface area contributed by atoms with Crippen LogP contribution in [0.3, 0.4) is 0 Å². The molecule has 0 aromatic carbocycles. The smallest absolute Gasteiger partial charge is 0.161 e. The summed E-state index contributed by atoms with van der Waals surface area (Å²) >= 11 is 4.20. The molecule has 4 nitrogen and oxygen atoms in total. The number of aryl methyl sites for hydroxylation is 1. The Labute approximate surface area is 130 Å². The Morgan fingerprint density at radius 1 is 1.45 bits per heavy atom. The Bertz CT molecular complexity index is 425. The van der Waals surface area contributed by atoms with Crippen LogP contribution >= 0.6 is 23.5 Å². The molecule has 1 aliphatic rings. The summed E-state index contributed by atoms with van der Waals surface area (Å²) < 4.78 is 7.47. The van der Waals surface area contributed by atoms with Gasteiger partial charge in [0.2, 0.25) is 0 Å². The normalized spacial score (nSPS) is 24.6. The largest absolute Gasteiger partial charge is 0.493 e. The van der Waals surface area contributed by atoms with Crippen molar-refractivity contribution in [3.63, 3.8) is 0 Å². The van der Waals surface area contributed by atoms with Crippen molar-refractivity contribution in [1.82, 2.24) is 15.1 Å². The van der Waals surface area contributed by atoms with E-state index in [1.165, 1.54) is 23.6 Å². The van der Waals surface area contributed by atoms with Crippen LogP contribution in [0, 0.1) is 0 Å². The molecule has 0 aliphatic carbocycles. The number of methoxy groups -OCH3 is 1. The summed E-state index contributed by atoms with van der Waals surface area (Å²) in [6.45, 7) is 5.41. The first kappa shape index (κ1) is 16.0. The minimum Gasteiger partial charge on any atom is -0.493 e. The fourth-order valence-electron chi connectivity index (χ4n) is 2.77. The molecule has 1 fully saturated rings. The number of aromatic nitrogens is 2. The summed E-state index contributed by atoms with van der Waals surface area (Å²) in [6.07, 6.45) is 3.03. The fourth-order valence-corrected chi connectivity index (χ4v) is 6.00. The van der Waals surface area contributed by atoms with Gasteiger partial charge in [-0.15, -0.1) is 0 Å². The van der Waals surface area contributed by atoms with Crippen molar-refractivity contribution < 1.29 is 4.74 Å². The zero-order chi connectivity index (χ0) is 14.5. The Balaban J connectivity index is 2.31. The van der Waals surface area contributed by atoms with Gasteiger partial charge >= 0.3 is 0 Å². The average molecular weight is 316 g/mol. The molecule has 20 heavy (non-hydrogen) atoms. The van der Waals surface area contributed by atoms with E-state index in [-0.39, 0.29) is 0 Å². The average Bonchev–Trinajstić information content (AvgIpc) is 2.85. The van der Waals surface area contributed by atoms with E-state index < -0.39 is 0 Å². The minimum atomic E-state index is 0.296. The van der Waals surface area contributed by atoms with Crippen molar-refractivity contribution >= 4 is 23.5 Å². The van der Waals surface area contributed by atoms with E-state index in [4.69, 9.17) is 4.74 Å². The molecule has 6 heteroatoms. The Hall–Kier alpha value is -0.330. The molecular weight excluding hydrogens is 290 g/mol. The van der Waals surface area contributed by atoms with Crippen molar-refractivity contribution in [3.05, 3.63) is 11.9 Å². The van der Waals surface area contributed by atoms with Crippen LogP contribution in [0.15, 0.2) is 6.20 Å². The first-order valence-corrected chi connectivity index (χ1v) is 9.35. The molecule has 0 amide bonds. The standard InChI is InChI=1S/C14H25N3OS2/c1-5-11-14(20-8-7-19-11)12(15-6-2)13-10(18-4)9-16-17(13)3/h9,11-12,14-15H,5-8H2,1-4H3. The molecule has 1 aromatic heterocycles. The van der Waals surface area contributed by atoms with Crippen molar-refractivity contribution in [2.24, 2.45) is 7.05 Å². The fraction of sp³-hybridized carbons (Fsp3) is 0.786. The van der Waals surface area contributed by atoms with Gasteiger partial charge in [0.05, 0.1) is 25.0 Å². The molecule has 0 saturated carbocycles. The second kappa shape index (κ2) is 7.61. The van der Waals surface area contributed by atoms with Crippen LogP contribution in [0.25, 0.3) is 0 Å². The summed E-state index contributed by atoms with van der Waals surface area (Å²) in [6, 6.07) is 0.296. The highest BCUT2D eigenvalue weighted by Gasteiger charge is 2.35. The number of thioether (sulfide) groups is 2. The third-order valence-electron chi connectivity index (χ3n) is 3.71. The van der Waals surface area contributed by atoms with Gasteiger partial charge in [-0.2, -0.15) is 28.6 Å². The first-order valence-electron chi connectivity index (χ1n) is 7.25. The van der Waals surface area contributed by atoms with E-state index in [1.54, 1.807) is 7.11 Å². The molecule has 3 atom stereocenters. The van der Waals surface area contributed by atoms with Crippen LogP contribution in [-0.2, 0) is 7.05 Å². The van der Waals surface area contributed by atoms with Crippen LogP contribution < -0.4 is 10.1 Å². The lowest BCUT2D eigenvalue weighted by atomic mass is 10.0. The van der Waals surface area contributed by atoms with Crippen molar-refractivity contribution in [1.29, 1.82) is 0 Å². The summed E-state index contributed by atoms with van der Waals surface area (Å²) in [7, 11) is 3.73. The summed E-state index contributed by atoms with van der Waals surface area (Å²) in [5.74, 6) is 3.39. The lowest BCUT2D eigenvalue weighted by molar-refractivity contribution is 0.390. The summed E-state index contributed by atoms with van der Waals surface area (Å²) in [5, 5.41) is 9.30. The number of nitrogens with zero attached hydrogens (tertiary/aromatic N) is 2. The van der Waals surface area contributed by atoms with Crippen LogP contribution in [0.2, 0.25) is 0 Å². The van der Waals surface area contributed by atoms with Gasteiger partial charge in [-0.3, -0.25) is 4.68 Å². The molecule has 1 saturated heterocycles. The van der Waals surface area contributed by atoms with Gasteiger partial charge in [0.25, 0.3) is 0 Å². The topological polar surface area (TPSA) is 39.1 Å². The van der Waals surface area contributed by atoms with Gasteiger partial charge in [-0.1, -0.05) is 13.8 Å². The maximum absolute atomic E-state index is 5.51. The summed E-state index contributed by atoms with van der Waals surface area (Å²) in [5.41, 5.74) is 1.17. The van der Waals surface area contributed by atoms with E-state index in [0.29, 0.717) is 16.5 Å². The van der Waals surface area contributed by atoms with Gasteiger partial charge in [-0.25, -0.2) is 0 Å². The van der Waals surface area contributed by atoms with Crippen molar-refractivity contribution in [2.75, 3.05) is 25.2 Å². The van der Waals surface area contributed by atoms with Crippen LogP contribution in [0.4, 0.5) is 0 Å². The SMILES string of the molecule is CCNC(c1c(OC)cnn1C)C1SCCSC1CC. The second-order valence-electron chi connectivity index (χ2n) is 4.91. The molecule has 0 radical (unpaired) electrons. The third kappa shape index (κ3) is 3.28. The molecule has 3 unspecified atom stereocenters. The lowest BCUT2D eigenvalue weighted by Crippen LogP contribution is -2.39. The zero-order valence-electron chi connectivity index (χ0n) is 12.8. The monoisotopic (exact) mass is 315 g/mol. The number of hydrogen-bond acceptors (Lipinski definition) is 5. The number of hydrogen-bond donors (Lipinski definition) is 1. The highest BCUT2D eigenvalue weighted by atomic mass is 32.2. The maximum Gasteiger partial charge on any atom is 0.161 e. The van der Waals surface area contributed by atoms with Gasteiger partial charge in [0, 0.05) is 29.1 Å². The van der Waals surface area contributed by atoms with Gasteiger partial charge in [0.1, 0.15) is 0 Å². The van der Waals surface area contributed by atoms with E-state index in [1.807, 2.05) is 17.9 Å². The molecule has 2 heterocycles. The Kier molecular flexibility index (Phi) is 6.11. The molecule has 0 spiro atoms. The van der Waals surface area contributed by atoms with Gasteiger partial charge in [0.15, 0.2) is 5.75 Å². The van der Waals surface area contributed by atoms with Gasteiger partial charge in [-0.05, 0) is 13.0 Å². The molecule has 1 aromatic rings.